The first-order valence-corrected chi connectivity index (χ1v) is 12.3. The van der Waals surface area contributed by atoms with Gasteiger partial charge in [-0.3, -0.25) is 9.10 Å². The molecule has 3 rings (SSSR count). The van der Waals surface area contributed by atoms with Crippen LogP contribution in [0.15, 0.2) is 60.7 Å². The van der Waals surface area contributed by atoms with Crippen molar-refractivity contribution in [3.8, 4) is 5.75 Å². The van der Waals surface area contributed by atoms with Crippen LogP contribution in [0.5, 0.6) is 5.75 Å². The number of rotatable bonds is 8. The van der Waals surface area contributed by atoms with Crippen molar-refractivity contribution in [1.82, 2.24) is 0 Å². The molecule has 0 bridgehead atoms. The molecule has 0 saturated heterocycles. The summed E-state index contributed by atoms with van der Waals surface area (Å²) in [5.41, 5.74) is 3.92. The normalized spacial score (nSPS) is 11.2. The van der Waals surface area contributed by atoms with Gasteiger partial charge in [0.1, 0.15) is 11.6 Å². The van der Waals surface area contributed by atoms with Gasteiger partial charge in [0.2, 0.25) is 10.0 Å². The van der Waals surface area contributed by atoms with Gasteiger partial charge in [0, 0.05) is 16.8 Å². The molecule has 1 N–H and O–H groups in total. The minimum Gasteiger partial charge on any atom is -0.494 e. The Morgan fingerprint density at radius 2 is 1.76 bits per heavy atom. The molecule has 0 fully saturated rings. The number of carbonyl (C=O) groups is 1. The summed E-state index contributed by atoms with van der Waals surface area (Å²) >= 11 is 0. The number of sulfonamides is 1. The van der Waals surface area contributed by atoms with E-state index in [0.29, 0.717) is 34.9 Å². The van der Waals surface area contributed by atoms with Gasteiger partial charge in [0.05, 0.1) is 25.1 Å². The zero-order chi connectivity index (χ0) is 24.2. The third-order valence-electron chi connectivity index (χ3n) is 5.30. The van der Waals surface area contributed by atoms with E-state index in [0.717, 1.165) is 21.7 Å². The maximum absolute atomic E-state index is 13.4. The molecule has 8 heteroatoms. The van der Waals surface area contributed by atoms with Crippen molar-refractivity contribution in [1.29, 1.82) is 0 Å². The van der Waals surface area contributed by atoms with Gasteiger partial charge in [-0.25, -0.2) is 12.8 Å². The summed E-state index contributed by atoms with van der Waals surface area (Å²) < 4.78 is 45.3. The largest absolute Gasteiger partial charge is 0.494 e. The lowest BCUT2D eigenvalue weighted by Gasteiger charge is -2.24. The van der Waals surface area contributed by atoms with Crippen LogP contribution in [-0.4, -0.2) is 27.2 Å². The maximum atomic E-state index is 13.4. The number of hydrogen-bond donors (Lipinski definition) is 1. The molecular weight excluding hydrogens is 443 g/mol. The summed E-state index contributed by atoms with van der Waals surface area (Å²) in [6, 6.07) is 15.8. The zero-order valence-electron chi connectivity index (χ0n) is 19.1. The summed E-state index contributed by atoms with van der Waals surface area (Å²) in [7, 11) is -3.70. The molecule has 174 valence electrons. The van der Waals surface area contributed by atoms with Crippen LogP contribution in [0.2, 0.25) is 0 Å². The van der Waals surface area contributed by atoms with Crippen molar-refractivity contribution in [2.24, 2.45) is 0 Å². The lowest BCUT2D eigenvalue weighted by Crippen LogP contribution is -2.29. The molecule has 0 aliphatic rings. The molecule has 0 saturated carbocycles. The molecule has 33 heavy (non-hydrogen) atoms. The van der Waals surface area contributed by atoms with Crippen LogP contribution in [0.1, 0.15) is 34.0 Å². The van der Waals surface area contributed by atoms with Crippen LogP contribution in [0.3, 0.4) is 0 Å². The predicted molar refractivity (Wildman–Crippen MR) is 129 cm³/mol. The second kappa shape index (κ2) is 10.0. The molecule has 0 atom stereocenters. The van der Waals surface area contributed by atoms with Crippen LogP contribution in [0.25, 0.3) is 0 Å². The van der Waals surface area contributed by atoms with Gasteiger partial charge in [-0.2, -0.15) is 0 Å². The highest BCUT2D eigenvalue weighted by Crippen LogP contribution is 2.28. The zero-order valence-corrected chi connectivity index (χ0v) is 19.9. The van der Waals surface area contributed by atoms with Crippen molar-refractivity contribution in [2.45, 2.75) is 27.3 Å². The van der Waals surface area contributed by atoms with Crippen LogP contribution in [0, 0.1) is 19.7 Å². The second-order valence-electron chi connectivity index (χ2n) is 7.70. The third-order valence-corrected chi connectivity index (χ3v) is 6.44. The highest BCUT2D eigenvalue weighted by molar-refractivity contribution is 7.92. The molecule has 3 aromatic carbocycles. The van der Waals surface area contributed by atoms with Gasteiger partial charge in [0.15, 0.2) is 0 Å². The molecule has 0 radical (unpaired) electrons. The van der Waals surface area contributed by atoms with Crippen molar-refractivity contribution in [2.75, 3.05) is 22.5 Å². The van der Waals surface area contributed by atoms with Gasteiger partial charge in [-0.15, -0.1) is 0 Å². The van der Waals surface area contributed by atoms with E-state index in [9.17, 15) is 17.6 Å². The van der Waals surface area contributed by atoms with Crippen LogP contribution < -0.4 is 14.4 Å². The average Bonchev–Trinajstić information content (AvgIpc) is 2.76. The van der Waals surface area contributed by atoms with Gasteiger partial charge in [0.25, 0.3) is 5.91 Å². The minimum absolute atomic E-state index is 0.0790. The lowest BCUT2D eigenvalue weighted by atomic mass is 10.1. The van der Waals surface area contributed by atoms with E-state index in [-0.39, 0.29) is 12.5 Å². The molecule has 0 heterocycles. The summed E-state index contributed by atoms with van der Waals surface area (Å²) in [5, 5.41) is 2.91. The van der Waals surface area contributed by atoms with E-state index in [1.165, 1.54) is 24.3 Å². The standard InChI is InChI=1S/C25H27FN2O4S/c1-5-32-24-14-9-19(25(29)27-23-8-6-7-17(2)18(23)3)15-20(24)16-28(33(4,30)31)22-12-10-21(26)11-13-22/h6-15H,5,16H2,1-4H3,(H,27,29). The Balaban J connectivity index is 1.97. The van der Waals surface area contributed by atoms with Crippen molar-refractivity contribution in [3.63, 3.8) is 0 Å². The SMILES string of the molecule is CCOc1ccc(C(=O)Nc2cccc(C)c2C)cc1CN(c1ccc(F)cc1)S(C)(=O)=O. The Morgan fingerprint density at radius 1 is 1.06 bits per heavy atom. The molecule has 0 unspecified atom stereocenters. The lowest BCUT2D eigenvalue weighted by molar-refractivity contribution is 0.102. The first kappa shape index (κ1) is 24.3. The molecule has 0 aliphatic carbocycles. The first-order valence-electron chi connectivity index (χ1n) is 10.5. The summed E-state index contributed by atoms with van der Waals surface area (Å²) in [6.45, 7) is 6.01. The van der Waals surface area contributed by atoms with Crippen LogP contribution in [0.4, 0.5) is 15.8 Å². The van der Waals surface area contributed by atoms with Crippen molar-refractivity contribution < 1.29 is 22.3 Å². The van der Waals surface area contributed by atoms with Crippen LogP contribution >= 0.6 is 0 Å². The molecule has 0 aromatic heterocycles. The molecule has 0 spiro atoms. The number of aryl methyl sites for hydroxylation is 1. The number of nitrogens with zero attached hydrogens (tertiary/aromatic N) is 1. The number of anilines is 2. The van der Waals surface area contributed by atoms with E-state index in [2.05, 4.69) is 5.32 Å². The number of halogens is 1. The second-order valence-corrected chi connectivity index (χ2v) is 9.61. The Kier molecular flexibility index (Phi) is 7.38. The fourth-order valence-corrected chi connectivity index (χ4v) is 4.26. The Morgan fingerprint density at radius 3 is 2.39 bits per heavy atom. The van der Waals surface area contributed by atoms with E-state index in [1.54, 1.807) is 18.2 Å². The number of carbonyl (C=O) groups excluding carboxylic acids is 1. The Hall–Kier alpha value is -3.39. The number of nitrogens with one attached hydrogen (secondary N) is 1. The highest BCUT2D eigenvalue weighted by Gasteiger charge is 2.21. The maximum Gasteiger partial charge on any atom is 0.255 e. The Labute approximate surface area is 194 Å². The predicted octanol–water partition coefficient (Wildman–Crippen LogP) is 5.06. The number of hydrogen-bond acceptors (Lipinski definition) is 4. The van der Waals surface area contributed by atoms with E-state index < -0.39 is 15.8 Å². The van der Waals surface area contributed by atoms with Gasteiger partial charge >= 0.3 is 0 Å². The van der Waals surface area contributed by atoms with E-state index in [1.807, 2.05) is 39.0 Å². The summed E-state index contributed by atoms with van der Waals surface area (Å²) in [5.74, 6) is -0.315. The summed E-state index contributed by atoms with van der Waals surface area (Å²) in [4.78, 5) is 13.0. The molecule has 6 nitrogen and oxygen atoms in total. The number of amides is 1. The van der Waals surface area contributed by atoms with Crippen molar-refractivity contribution in [3.05, 3.63) is 88.7 Å². The summed E-state index contributed by atoms with van der Waals surface area (Å²) in [6.07, 6.45) is 1.08. The van der Waals surface area contributed by atoms with Gasteiger partial charge in [-0.1, -0.05) is 12.1 Å². The third kappa shape index (κ3) is 5.90. The highest BCUT2D eigenvalue weighted by atomic mass is 32.2. The monoisotopic (exact) mass is 470 g/mol. The van der Waals surface area contributed by atoms with E-state index in [4.69, 9.17) is 4.74 Å². The number of benzene rings is 3. The topological polar surface area (TPSA) is 75.7 Å². The van der Waals surface area contributed by atoms with Gasteiger partial charge < -0.3 is 10.1 Å². The van der Waals surface area contributed by atoms with E-state index >= 15 is 0 Å². The minimum atomic E-state index is -3.70. The smallest absolute Gasteiger partial charge is 0.255 e. The van der Waals surface area contributed by atoms with Crippen molar-refractivity contribution >= 4 is 27.3 Å². The molecule has 1 amide bonds. The molecule has 3 aromatic rings. The fraction of sp³-hybridized carbons (Fsp3) is 0.240. The van der Waals surface area contributed by atoms with Gasteiger partial charge in [-0.05, 0) is 80.4 Å². The van der Waals surface area contributed by atoms with Crippen LogP contribution in [-0.2, 0) is 16.6 Å². The quantitative estimate of drug-likeness (QED) is 0.499. The number of ether oxygens (including phenoxy) is 1. The Bertz CT molecular complexity index is 1260. The molecule has 0 aliphatic heterocycles. The molecular formula is C25H27FN2O4S. The fourth-order valence-electron chi connectivity index (χ4n) is 3.38. The first-order chi connectivity index (χ1) is 15.6. The average molecular weight is 471 g/mol.